The summed E-state index contributed by atoms with van der Waals surface area (Å²) in [6, 6.07) is 7.03. The summed E-state index contributed by atoms with van der Waals surface area (Å²) < 4.78 is 1.47. The van der Waals surface area contributed by atoms with Crippen LogP contribution in [0.4, 0.5) is 0 Å². The second kappa shape index (κ2) is 3.98. The average molecular weight is 237 g/mol. The topological polar surface area (TPSA) is 55.1 Å². The number of hydrogen-bond acceptors (Lipinski definition) is 2. The summed E-state index contributed by atoms with van der Waals surface area (Å²) in [5.74, 6) is -1.05. The molecule has 0 aliphatic rings. The molecule has 2 aromatic rings. The molecule has 5 heteroatoms. The third-order valence-electron chi connectivity index (χ3n) is 2.17. The van der Waals surface area contributed by atoms with E-state index in [0.29, 0.717) is 10.6 Å². The summed E-state index contributed by atoms with van der Waals surface area (Å²) >= 11 is 5.86. The van der Waals surface area contributed by atoms with E-state index in [-0.39, 0.29) is 5.69 Å². The van der Waals surface area contributed by atoms with Crippen LogP contribution in [0.2, 0.25) is 5.02 Å². The lowest BCUT2D eigenvalue weighted by atomic mass is 10.1. The highest BCUT2D eigenvalue weighted by Crippen LogP contribution is 2.25. The summed E-state index contributed by atoms with van der Waals surface area (Å²) in [5.41, 5.74) is 1.35. The van der Waals surface area contributed by atoms with E-state index in [9.17, 15) is 4.79 Å². The SMILES string of the molecule is Cn1cc(-c2cccc(Cl)c2)c(C(=O)O)n1. The number of rotatable bonds is 2. The van der Waals surface area contributed by atoms with Gasteiger partial charge in [0.2, 0.25) is 0 Å². The van der Waals surface area contributed by atoms with Gasteiger partial charge < -0.3 is 5.11 Å². The zero-order valence-electron chi connectivity index (χ0n) is 8.51. The summed E-state index contributed by atoms with van der Waals surface area (Å²) in [6.45, 7) is 0. The van der Waals surface area contributed by atoms with Crippen LogP contribution in [0, 0.1) is 0 Å². The molecule has 1 N–H and O–H groups in total. The fourth-order valence-corrected chi connectivity index (χ4v) is 1.70. The first-order valence-corrected chi connectivity index (χ1v) is 4.98. The van der Waals surface area contributed by atoms with Gasteiger partial charge >= 0.3 is 5.97 Å². The van der Waals surface area contributed by atoms with Crippen LogP contribution < -0.4 is 0 Å². The number of hydrogen-bond donors (Lipinski definition) is 1. The van der Waals surface area contributed by atoms with Gasteiger partial charge in [-0.1, -0.05) is 23.7 Å². The summed E-state index contributed by atoms with van der Waals surface area (Å²) in [7, 11) is 1.68. The number of benzene rings is 1. The Morgan fingerprint density at radius 2 is 2.25 bits per heavy atom. The number of nitrogens with zero attached hydrogens (tertiary/aromatic N) is 2. The van der Waals surface area contributed by atoms with Gasteiger partial charge in [-0.2, -0.15) is 5.10 Å². The highest BCUT2D eigenvalue weighted by atomic mass is 35.5. The zero-order valence-corrected chi connectivity index (χ0v) is 9.27. The van der Waals surface area contributed by atoms with Crippen molar-refractivity contribution in [3.63, 3.8) is 0 Å². The fourth-order valence-electron chi connectivity index (χ4n) is 1.51. The lowest BCUT2D eigenvalue weighted by Crippen LogP contribution is -2.00. The fraction of sp³-hybridized carbons (Fsp3) is 0.0909. The molecule has 0 radical (unpaired) electrons. The Labute approximate surface area is 97.1 Å². The molecule has 0 fully saturated rings. The quantitative estimate of drug-likeness (QED) is 0.871. The Morgan fingerprint density at radius 3 is 2.88 bits per heavy atom. The van der Waals surface area contributed by atoms with Crippen molar-refractivity contribution in [3.8, 4) is 11.1 Å². The van der Waals surface area contributed by atoms with Gasteiger partial charge in [-0.15, -0.1) is 0 Å². The number of aromatic carboxylic acids is 1. The lowest BCUT2D eigenvalue weighted by molar-refractivity contribution is 0.0690. The van der Waals surface area contributed by atoms with E-state index in [1.54, 1.807) is 37.5 Å². The molecule has 82 valence electrons. The molecule has 0 spiro atoms. The van der Waals surface area contributed by atoms with Crippen molar-refractivity contribution in [2.24, 2.45) is 7.05 Å². The van der Waals surface area contributed by atoms with Gasteiger partial charge in [0.25, 0.3) is 0 Å². The number of carboxylic acid groups (broad SMARTS) is 1. The molecular weight excluding hydrogens is 228 g/mol. The molecule has 0 aliphatic heterocycles. The van der Waals surface area contributed by atoms with Crippen LogP contribution in [0.15, 0.2) is 30.5 Å². The Kier molecular flexibility index (Phi) is 2.66. The van der Waals surface area contributed by atoms with E-state index in [0.717, 1.165) is 5.56 Å². The first-order chi connectivity index (χ1) is 7.58. The minimum absolute atomic E-state index is 0.0322. The maximum atomic E-state index is 11.0. The molecule has 1 heterocycles. The number of aromatic nitrogens is 2. The molecule has 0 atom stereocenters. The van der Waals surface area contributed by atoms with Gasteiger partial charge in [0.05, 0.1) is 0 Å². The summed E-state index contributed by atoms with van der Waals surface area (Å²) in [5, 5.41) is 13.5. The van der Waals surface area contributed by atoms with Crippen LogP contribution in [-0.4, -0.2) is 20.9 Å². The van der Waals surface area contributed by atoms with Crippen LogP contribution in [0.1, 0.15) is 10.5 Å². The average Bonchev–Trinajstić information content (AvgIpc) is 2.60. The van der Waals surface area contributed by atoms with E-state index in [1.165, 1.54) is 4.68 Å². The van der Waals surface area contributed by atoms with Gasteiger partial charge in [0, 0.05) is 23.8 Å². The molecular formula is C11H9ClN2O2. The van der Waals surface area contributed by atoms with Crippen molar-refractivity contribution in [1.29, 1.82) is 0 Å². The molecule has 1 aromatic heterocycles. The molecule has 0 saturated heterocycles. The minimum Gasteiger partial charge on any atom is -0.476 e. The van der Waals surface area contributed by atoms with Crippen molar-refractivity contribution in [2.45, 2.75) is 0 Å². The third-order valence-corrected chi connectivity index (χ3v) is 2.40. The smallest absolute Gasteiger partial charge is 0.357 e. The largest absolute Gasteiger partial charge is 0.476 e. The highest BCUT2D eigenvalue weighted by molar-refractivity contribution is 6.30. The predicted molar refractivity (Wildman–Crippen MR) is 60.6 cm³/mol. The number of aryl methyl sites for hydroxylation is 1. The summed E-state index contributed by atoms with van der Waals surface area (Å²) in [4.78, 5) is 11.0. The zero-order chi connectivity index (χ0) is 11.7. The first-order valence-electron chi connectivity index (χ1n) is 4.61. The van der Waals surface area contributed by atoms with Crippen LogP contribution in [0.3, 0.4) is 0 Å². The molecule has 0 bridgehead atoms. The van der Waals surface area contributed by atoms with E-state index in [4.69, 9.17) is 16.7 Å². The Hall–Kier alpha value is -1.81. The van der Waals surface area contributed by atoms with Crippen molar-refractivity contribution in [3.05, 3.63) is 41.2 Å². The molecule has 2 rings (SSSR count). The molecule has 0 amide bonds. The van der Waals surface area contributed by atoms with Crippen molar-refractivity contribution in [1.82, 2.24) is 9.78 Å². The van der Waals surface area contributed by atoms with Crippen LogP contribution in [0.5, 0.6) is 0 Å². The maximum absolute atomic E-state index is 11.0. The second-order valence-corrected chi connectivity index (χ2v) is 3.82. The molecule has 16 heavy (non-hydrogen) atoms. The van der Waals surface area contributed by atoms with E-state index in [1.807, 2.05) is 0 Å². The van der Waals surface area contributed by atoms with E-state index < -0.39 is 5.97 Å². The molecule has 1 aromatic carbocycles. The number of halogens is 1. The third kappa shape index (κ3) is 1.92. The number of carbonyl (C=O) groups is 1. The van der Waals surface area contributed by atoms with Crippen LogP contribution in [0.25, 0.3) is 11.1 Å². The lowest BCUT2D eigenvalue weighted by Gasteiger charge is -1.99. The second-order valence-electron chi connectivity index (χ2n) is 3.38. The summed E-state index contributed by atoms with van der Waals surface area (Å²) in [6.07, 6.45) is 1.66. The molecule has 0 unspecified atom stereocenters. The van der Waals surface area contributed by atoms with Gasteiger partial charge in [-0.25, -0.2) is 4.79 Å². The number of carboxylic acids is 1. The Bertz CT molecular complexity index is 549. The normalized spacial score (nSPS) is 10.4. The van der Waals surface area contributed by atoms with E-state index >= 15 is 0 Å². The highest BCUT2D eigenvalue weighted by Gasteiger charge is 2.16. The Morgan fingerprint density at radius 1 is 1.50 bits per heavy atom. The van der Waals surface area contributed by atoms with Crippen molar-refractivity contribution >= 4 is 17.6 Å². The van der Waals surface area contributed by atoms with Gasteiger partial charge in [0.1, 0.15) is 0 Å². The van der Waals surface area contributed by atoms with Crippen LogP contribution in [-0.2, 0) is 7.05 Å². The van der Waals surface area contributed by atoms with E-state index in [2.05, 4.69) is 5.10 Å². The van der Waals surface area contributed by atoms with Gasteiger partial charge in [-0.05, 0) is 17.7 Å². The Balaban J connectivity index is 2.59. The van der Waals surface area contributed by atoms with Gasteiger partial charge in [0.15, 0.2) is 5.69 Å². The van der Waals surface area contributed by atoms with Gasteiger partial charge in [-0.3, -0.25) is 4.68 Å². The molecule has 4 nitrogen and oxygen atoms in total. The van der Waals surface area contributed by atoms with Crippen LogP contribution >= 0.6 is 11.6 Å². The first kappa shape index (κ1) is 10.7. The predicted octanol–water partition coefficient (Wildman–Crippen LogP) is 2.44. The molecule has 0 saturated carbocycles. The standard InChI is InChI=1S/C11H9ClN2O2/c1-14-6-9(10(13-14)11(15)16)7-3-2-4-8(12)5-7/h2-6H,1H3,(H,15,16). The molecule has 0 aliphatic carbocycles. The minimum atomic E-state index is -1.05. The van der Waals surface area contributed by atoms with Crippen molar-refractivity contribution < 1.29 is 9.90 Å². The van der Waals surface area contributed by atoms with Crippen molar-refractivity contribution in [2.75, 3.05) is 0 Å². The monoisotopic (exact) mass is 236 g/mol. The maximum Gasteiger partial charge on any atom is 0.357 e.